The fourth-order valence-corrected chi connectivity index (χ4v) is 2.50. The second-order valence-electron chi connectivity index (χ2n) is 5.99. The predicted molar refractivity (Wildman–Crippen MR) is 86.9 cm³/mol. The summed E-state index contributed by atoms with van der Waals surface area (Å²) < 4.78 is 5.91. The lowest BCUT2D eigenvalue weighted by Gasteiger charge is -2.13. The minimum atomic E-state index is 0.120. The van der Waals surface area contributed by atoms with E-state index < -0.39 is 0 Å². The van der Waals surface area contributed by atoms with Gasteiger partial charge in [-0.1, -0.05) is 19.9 Å². The highest BCUT2D eigenvalue weighted by Crippen LogP contribution is 2.27. The van der Waals surface area contributed by atoms with Gasteiger partial charge in [0.05, 0.1) is 6.20 Å². The normalized spacial score (nSPS) is 12.5. The zero-order valence-electron chi connectivity index (χ0n) is 13.3. The largest absolute Gasteiger partial charge is 0.456 e. The summed E-state index contributed by atoms with van der Waals surface area (Å²) in [5.74, 6) is 2.12. The molecule has 1 heterocycles. The zero-order chi connectivity index (χ0) is 15.4. The highest BCUT2D eigenvalue weighted by Gasteiger charge is 2.06. The Bertz CT molecular complexity index is 606. The second-order valence-corrected chi connectivity index (χ2v) is 5.99. The first-order chi connectivity index (χ1) is 9.95. The van der Waals surface area contributed by atoms with E-state index in [4.69, 9.17) is 10.5 Å². The standard InChI is InChI=1S/C18H24N2O/c1-12(2)18-6-5-16(7-13(18)3)21-17-9-15(8-14(4)19)10-20-11-17/h5-7,9-12,14H,8,19H2,1-4H3. The highest BCUT2D eigenvalue weighted by molar-refractivity contribution is 5.39. The molecule has 1 aromatic carbocycles. The van der Waals surface area contributed by atoms with E-state index in [2.05, 4.69) is 37.9 Å². The molecule has 0 aliphatic heterocycles. The number of benzene rings is 1. The van der Waals surface area contributed by atoms with Crippen LogP contribution in [0.25, 0.3) is 0 Å². The quantitative estimate of drug-likeness (QED) is 0.895. The molecule has 0 saturated carbocycles. The van der Waals surface area contributed by atoms with Crippen molar-refractivity contribution in [3.63, 3.8) is 0 Å². The smallest absolute Gasteiger partial charge is 0.145 e. The van der Waals surface area contributed by atoms with Crippen molar-refractivity contribution < 1.29 is 4.74 Å². The molecule has 0 spiro atoms. The topological polar surface area (TPSA) is 48.1 Å². The lowest BCUT2D eigenvalue weighted by Crippen LogP contribution is -2.17. The van der Waals surface area contributed by atoms with Gasteiger partial charge < -0.3 is 10.5 Å². The molecule has 0 amide bonds. The molecule has 0 saturated heterocycles. The van der Waals surface area contributed by atoms with Crippen molar-refractivity contribution >= 4 is 0 Å². The van der Waals surface area contributed by atoms with Gasteiger partial charge in [0.15, 0.2) is 0 Å². The Morgan fingerprint density at radius 2 is 1.86 bits per heavy atom. The second kappa shape index (κ2) is 6.72. The monoisotopic (exact) mass is 284 g/mol. The van der Waals surface area contributed by atoms with Crippen molar-refractivity contribution in [2.45, 2.75) is 46.1 Å². The molecular formula is C18H24N2O. The van der Waals surface area contributed by atoms with E-state index in [-0.39, 0.29) is 6.04 Å². The molecule has 2 aromatic rings. The number of nitrogens with two attached hydrogens (primary N) is 1. The van der Waals surface area contributed by atoms with Crippen LogP contribution >= 0.6 is 0 Å². The van der Waals surface area contributed by atoms with Gasteiger partial charge in [0.25, 0.3) is 0 Å². The van der Waals surface area contributed by atoms with Crippen molar-refractivity contribution in [1.29, 1.82) is 0 Å². The Labute approximate surface area is 127 Å². The molecule has 0 aliphatic rings. The van der Waals surface area contributed by atoms with Gasteiger partial charge >= 0.3 is 0 Å². The maximum atomic E-state index is 5.91. The Morgan fingerprint density at radius 3 is 2.48 bits per heavy atom. The summed E-state index contributed by atoms with van der Waals surface area (Å²) in [5.41, 5.74) is 9.52. The van der Waals surface area contributed by atoms with Crippen LogP contribution in [0.2, 0.25) is 0 Å². The summed E-state index contributed by atoms with van der Waals surface area (Å²) in [6.45, 7) is 8.50. The third kappa shape index (κ3) is 4.30. The van der Waals surface area contributed by atoms with Crippen molar-refractivity contribution in [2.75, 3.05) is 0 Å². The van der Waals surface area contributed by atoms with Crippen molar-refractivity contribution in [3.8, 4) is 11.5 Å². The first-order valence-corrected chi connectivity index (χ1v) is 7.43. The Hall–Kier alpha value is -1.87. The van der Waals surface area contributed by atoms with Crippen LogP contribution in [0.3, 0.4) is 0 Å². The number of hydrogen-bond donors (Lipinski definition) is 1. The third-order valence-corrected chi connectivity index (χ3v) is 3.43. The molecule has 0 aliphatic carbocycles. The van der Waals surface area contributed by atoms with E-state index in [9.17, 15) is 0 Å². The predicted octanol–water partition coefficient (Wildman–Crippen LogP) is 4.20. The Morgan fingerprint density at radius 1 is 1.10 bits per heavy atom. The van der Waals surface area contributed by atoms with E-state index in [1.807, 2.05) is 25.3 Å². The lowest BCUT2D eigenvalue weighted by molar-refractivity contribution is 0.478. The molecule has 112 valence electrons. The Kier molecular flexibility index (Phi) is 4.97. The van der Waals surface area contributed by atoms with Crippen LogP contribution in [0.15, 0.2) is 36.7 Å². The van der Waals surface area contributed by atoms with Gasteiger partial charge in [-0.2, -0.15) is 0 Å². The molecule has 2 rings (SSSR count). The summed E-state index contributed by atoms with van der Waals surface area (Å²) in [5, 5.41) is 0. The summed E-state index contributed by atoms with van der Waals surface area (Å²) in [6.07, 6.45) is 4.37. The summed E-state index contributed by atoms with van der Waals surface area (Å²) >= 11 is 0. The summed E-state index contributed by atoms with van der Waals surface area (Å²) in [4.78, 5) is 4.22. The molecule has 0 bridgehead atoms. The molecule has 0 fully saturated rings. The molecule has 2 N–H and O–H groups in total. The summed E-state index contributed by atoms with van der Waals surface area (Å²) in [7, 11) is 0. The van der Waals surface area contributed by atoms with Gasteiger partial charge in [-0.3, -0.25) is 4.98 Å². The first-order valence-electron chi connectivity index (χ1n) is 7.43. The SMILES string of the molecule is Cc1cc(Oc2cncc(CC(C)N)c2)ccc1C(C)C. The van der Waals surface area contributed by atoms with E-state index in [1.165, 1.54) is 11.1 Å². The van der Waals surface area contributed by atoms with Crippen LogP contribution in [0, 0.1) is 6.92 Å². The van der Waals surface area contributed by atoms with Crippen LogP contribution in [-0.2, 0) is 6.42 Å². The van der Waals surface area contributed by atoms with Crippen LogP contribution in [-0.4, -0.2) is 11.0 Å². The average Bonchev–Trinajstić information content (AvgIpc) is 2.37. The number of rotatable bonds is 5. The Balaban J connectivity index is 2.16. The number of hydrogen-bond acceptors (Lipinski definition) is 3. The highest BCUT2D eigenvalue weighted by atomic mass is 16.5. The zero-order valence-corrected chi connectivity index (χ0v) is 13.3. The number of nitrogens with zero attached hydrogens (tertiary/aromatic N) is 1. The molecule has 3 heteroatoms. The average molecular weight is 284 g/mol. The van der Waals surface area contributed by atoms with Crippen LogP contribution < -0.4 is 10.5 Å². The van der Waals surface area contributed by atoms with E-state index in [1.54, 1.807) is 6.20 Å². The minimum absolute atomic E-state index is 0.120. The van der Waals surface area contributed by atoms with E-state index in [0.29, 0.717) is 5.92 Å². The van der Waals surface area contributed by atoms with Gasteiger partial charge in [-0.15, -0.1) is 0 Å². The molecule has 3 nitrogen and oxygen atoms in total. The van der Waals surface area contributed by atoms with Crippen LogP contribution in [0.1, 0.15) is 43.4 Å². The van der Waals surface area contributed by atoms with Gasteiger partial charge in [-0.25, -0.2) is 0 Å². The maximum absolute atomic E-state index is 5.91. The number of ether oxygens (including phenoxy) is 1. The van der Waals surface area contributed by atoms with Crippen LogP contribution in [0.4, 0.5) is 0 Å². The van der Waals surface area contributed by atoms with Crippen molar-refractivity contribution in [2.24, 2.45) is 5.73 Å². The first kappa shape index (κ1) is 15.5. The lowest BCUT2D eigenvalue weighted by atomic mass is 9.98. The van der Waals surface area contributed by atoms with Gasteiger partial charge in [0, 0.05) is 12.2 Å². The molecule has 0 radical (unpaired) electrons. The molecular weight excluding hydrogens is 260 g/mol. The molecule has 1 aromatic heterocycles. The van der Waals surface area contributed by atoms with Crippen molar-refractivity contribution in [1.82, 2.24) is 4.98 Å². The van der Waals surface area contributed by atoms with Crippen LogP contribution in [0.5, 0.6) is 11.5 Å². The minimum Gasteiger partial charge on any atom is -0.456 e. The number of aromatic nitrogens is 1. The van der Waals surface area contributed by atoms with E-state index >= 15 is 0 Å². The number of aryl methyl sites for hydroxylation is 1. The maximum Gasteiger partial charge on any atom is 0.145 e. The van der Waals surface area contributed by atoms with Gasteiger partial charge in [-0.05, 0) is 61.1 Å². The number of pyridine rings is 1. The molecule has 1 atom stereocenters. The summed E-state index contributed by atoms with van der Waals surface area (Å²) in [6, 6.07) is 8.35. The molecule has 1 unspecified atom stereocenters. The van der Waals surface area contributed by atoms with E-state index in [0.717, 1.165) is 23.5 Å². The fourth-order valence-electron chi connectivity index (χ4n) is 2.50. The molecule has 21 heavy (non-hydrogen) atoms. The fraction of sp³-hybridized carbons (Fsp3) is 0.389. The van der Waals surface area contributed by atoms with Gasteiger partial charge in [0.2, 0.25) is 0 Å². The third-order valence-electron chi connectivity index (χ3n) is 3.43. The van der Waals surface area contributed by atoms with Crippen molar-refractivity contribution in [3.05, 3.63) is 53.3 Å². The van der Waals surface area contributed by atoms with Gasteiger partial charge in [0.1, 0.15) is 11.5 Å².